The molecule has 2 saturated heterocycles. The van der Waals surface area contributed by atoms with Crippen molar-refractivity contribution in [1.82, 2.24) is 24.0 Å². The monoisotopic (exact) mass is 471 g/mol. The molecule has 0 spiro atoms. The second kappa shape index (κ2) is 7.95. The molecule has 2 aliphatic rings. The minimum atomic E-state index is -3.74. The van der Waals surface area contributed by atoms with E-state index in [1.54, 1.807) is 6.92 Å². The number of halogens is 1. The van der Waals surface area contributed by atoms with Gasteiger partial charge in [0.05, 0.1) is 22.4 Å². The minimum Gasteiger partial charge on any atom is -0.333 e. The number of aromatic nitrogens is 3. The third-order valence-electron chi connectivity index (χ3n) is 5.53. The Morgan fingerprint density at radius 3 is 2.35 bits per heavy atom. The first-order chi connectivity index (χ1) is 14.6. The maximum Gasteiger partial charge on any atom is 0.293 e. The topological polar surface area (TPSA) is 123 Å². The van der Waals surface area contributed by atoms with Gasteiger partial charge >= 0.3 is 0 Å². The van der Waals surface area contributed by atoms with E-state index in [1.165, 1.54) is 38.2 Å². The van der Waals surface area contributed by atoms with Crippen LogP contribution >= 0.6 is 0 Å². The van der Waals surface area contributed by atoms with Crippen molar-refractivity contribution in [3.63, 3.8) is 0 Å². The molecule has 10 nitrogen and oxygen atoms in total. The molecule has 2 aliphatic heterocycles. The largest absolute Gasteiger partial charge is 0.333 e. The van der Waals surface area contributed by atoms with Crippen molar-refractivity contribution in [2.75, 3.05) is 37.7 Å². The minimum absolute atomic E-state index is 0.0278. The zero-order valence-corrected chi connectivity index (χ0v) is 18.4. The van der Waals surface area contributed by atoms with Crippen LogP contribution in [0, 0.1) is 12.7 Å². The molecule has 1 atom stereocenters. The second-order valence-corrected chi connectivity index (χ2v) is 12.1. The number of hydrogen-bond acceptors (Lipinski definition) is 7. The molecule has 0 radical (unpaired) electrons. The number of nitrogens with zero attached hydrogens (tertiary/aromatic N) is 5. The summed E-state index contributed by atoms with van der Waals surface area (Å²) in [4.78, 5) is 18.5. The van der Waals surface area contributed by atoms with Gasteiger partial charge < -0.3 is 4.90 Å². The highest BCUT2D eigenvalue weighted by Gasteiger charge is 2.41. The molecule has 2 aromatic rings. The van der Waals surface area contributed by atoms with E-state index in [4.69, 9.17) is 0 Å². The van der Waals surface area contributed by atoms with Gasteiger partial charge in [0.1, 0.15) is 11.6 Å². The summed E-state index contributed by atoms with van der Waals surface area (Å²) in [7, 11) is -7.05. The second-order valence-electron chi connectivity index (χ2n) is 7.63. The number of aryl methyl sites for hydroxylation is 1. The van der Waals surface area contributed by atoms with Gasteiger partial charge in [-0.3, -0.25) is 4.79 Å². The zero-order valence-electron chi connectivity index (χ0n) is 16.8. The van der Waals surface area contributed by atoms with Crippen LogP contribution in [0.15, 0.2) is 24.3 Å². The van der Waals surface area contributed by atoms with Crippen LogP contribution in [0.3, 0.4) is 0 Å². The van der Waals surface area contributed by atoms with E-state index in [1.807, 2.05) is 0 Å². The van der Waals surface area contributed by atoms with E-state index in [0.29, 0.717) is 11.5 Å². The number of hydrogen-bond donors (Lipinski definition) is 0. The van der Waals surface area contributed by atoms with Crippen molar-refractivity contribution in [3.05, 3.63) is 41.7 Å². The van der Waals surface area contributed by atoms with E-state index >= 15 is 0 Å². The van der Waals surface area contributed by atoms with Crippen molar-refractivity contribution in [3.8, 4) is 5.69 Å². The molecule has 2 fully saturated rings. The lowest BCUT2D eigenvalue weighted by molar-refractivity contribution is 0.0685. The summed E-state index contributed by atoms with van der Waals surface area (Å²) in [6.45, 7) is 2.15. The van der Waals surface area contributed by atoms with Crippen LogP contribution in [-0.4, -0.2) is 89.6 Å². The number of carbonyl (C=O) groups excluding carboxylic acids is 1. The molecule has 3 heterocycles. The first kappa shape index (κ1) is 21.8. The molecule has 1 aromatic heterocycles. The fraction of sp³-hybridized carbons (Fsp3) is 0.500. The molecule has 0 saturated carbocycles. The third kappa shape index (κ3) is 4.34. The van der Waals surface area contributed by atoms with Gasteiger partial charge in [-0.25, -0.2) is 30.9 Å². The molecule has 168 valence electrons. The van der Waals surface area contributed by atoms with Crippen LogP contribution in [0.4, 0.5) is 4.39 Å². The summed E-state index contributed by atoms with van der Waals surface area (Å²) >= 11 is 0. The summed E-state index contributed by atoms with van der Waals surface area (Å²) in [5.74, 6) is -0.848. The first-order valence-corrected chi connectivity index (χ1v) is 13.1. The van der Waals surface area contributed by atoms with E-state index in [9.17, 15) is 26.0 Å². The molecule has 1 aromatic carbocycles. The SMILES string of the molecule is Cc1nc(C(=O)N2CCN(S(=O)(=O)[C@H]3CCS(=O)(=O)C3)CC2)nn1-c1ccc(F)cc1. The van der Waals surface area contributed by atoms with E-state index < -0.39 is 31.0 Å². The number of piperazine rings is 1. The number of sulfonamides is 1. The molecule has 1 amide bonds. The van der Waals surface area contributed by atoms with E-state index in [-0.39, 0.29) is 55.7 Å². The van der Waals surface area contributed by atoms with E-state index in [0.717, 1.165) is 0 Å². The van der Waals surface area contributed by atoms with Gasteiger partial charge in [-0.15, -0.1) is 5.10 Å². The fourth-order valence-electron chi connectivity index (χ4n) is 3.80. The van der Waals surface area contributed by atoms with Crippen molar-refractivity contribution < 1.29 is 26.0 Å². The Bertz CT molecular complexity index is 1200. The van der Waals surface area contributed by atoms with Gasteiger partial charge in [0, 0.05) is 26.2 Å². The maximum absolute atomic E-state index is 13.1. The average Bonchev–Trinajstić information content (AvgIpc) is 3.30. The van der Waals surface area contributed by atoms with Crippen LogP contribution in [0.1, 0.15) is 22.9 Å². The van der Waals surface area contributed by atoms with Gasteiger partial charge in [-0.1, -0.05) is 0 Å². The molecule has 4 rings (SSSR count). The third-order valence-corrected chi connectivity index (χ3v) is 9.84. The molecule has 0 unspecified atom stereocenters. The predicted octanol–water partition coefficient (Wildman–Crippen LogP) is -0.0105. The standard InChI is InChI=1S/C18H22FN5O5S2/c1-13-20-17(21-24(13)15-4-2-14(19)3-5-15)18(25)22-7-9-23(10-8-22)31(28,29)16-6-11-30(26,27)12-16/h2-5,16H,6-12H2,1H3/t16-/m0/s1. The number of carbonyl (C=O) groups is 1. The number of amides is 1. The van der Waals surface area contributed by atoms with Crippen molar-refractivity contribution in [2.45, 2.75) is 18.6 Å². The first-order valence-electron chi connectivity index (χ1n) is 9.75. The quantitative estimate of drug-likeness (QED) is 0.615. The van der Waals surface area contributed by atoms with Crippen molar-refractivity contribution >= 4 is 25.8 Å². The summed E-state index contributed by atoms with van der Waals surface area (Å²) in [5, 5.41) is 3.30. The highest BCUT2D eigenvalue weighted by Crippen LogP contribution is 2.23. The lowest BCUT2D eigenvalue weighted by Crippen LogP contribution is -2.52. The van der Waals surface area contributed by atoms with Gasteiger partial charge in [0.15, 0.2) is 9.84 Å². The summed E-state index contributed by atoms with van der Waals surface area (Å²) in [6.07, 6.45) is 0.105. The Labute approximate surface area is 179 Å². The number of rotatable bonds is 4. The van der Waals surface area contributed by atoms with Crippen molar-refractivity contribution in [1.29, 1.82) is 0 Å². The molecule has 0 bridgehead atoms. The lowest BCUT2D eigenvalue weighted by Gasteiger charge is -2.34. The Hall–Kier alpha value is -2.38. The maximum atomic E-state index is 13.1. The lowest BCUT2D eigenvalue weighted by atomic mass is 10.3. The normalized spacial score (nSPS) is 22.0. The van der Waals surface area contributed by atoms with Gasteiger partial charge in [-0.2, -0.15) is 4.31 Å². The van der Waals surface area contributed by atoms with Crippen LogP contribution in [0.5, 0.6) is 0 Å². The highest BCUT2D eigenvalue weighted by molar-refractivity contribution is 7.95. The zero-order chi connectivity index (χ0) is 22.4. The number of sulfone groups is 1. The Morgan fingerprint density at radius 1 is 1.13 bits per heavy atom. The predicted molar refractivity (Wildman–Crippen MR) is 110 cm³/mol. The average molecular weight is 472 g/mol. The molecule has 31 heavy (non-hydrogen) atoms. The van der Waals surface area contributed by atoms with E-state index in [2.05, 4.69) is 10.1 Å². The van der Waals surface area contributed by atoms with Crippen LogP contribution < -0.4 is 0 Å². The molecular weight excluding hydrogens is 449 g/mol. The summed E-state index contributed by atoms with van der Waals surface area (Å²) < 4.78 is 64.7. The smallest absolute Gasteiger partial charge is 0.293 e. The van der Waals surface area contributed by atoms with Crippen molar-refractivity contribution in [2.24, 2.45) is 0 Å². The van der Waals surface area contributed by atoms with Crippen LogP contribution in [0.25, 0.3) is 5.69 Å². The number of benzene rings is 1. The van der Waals surface area contributed by atoms with Gasteiger partial charge in [-0.05, 0) is 37.6 Å². The molecule has 0 N–H and O–H groups in total. The summed E-state index contributed by atoms with van der Waals surface area (Å²) in [5.41, 5.74) is 0.563. The summed E-state index contributed by atoms with van der Waals surface area (Å²) in [6, 6.07) is 5.62. The Balaban J connectivity index is 1.43. The Kier molecular flexibility index (Phi) is 5.60. The molecular formula is C18H22FN5O5S2. The molecule has 13 heteroatoms. The fourth-order valence-corrected chi connectivity index (χ4v) is 8.31. The highest BCUT2D eigenvalue weighted by atomic mass is 32.2. The van der Waals surface area contributed by atoms with Gasteiger partial charge in [0.2, 0.25) is 15.8 Å². The van der Waals surface area contributed by atoms with Crippen LogP contribution in [-0.2, 0) is 19.9 Å². The van der Waals surface area contributed by atoms with Crippen LogP contribution in [0.2, 0.25) is 0 Å². The Morgan fingerprint density at radius 2 is 1.77 bits per heavy atom. The molecule has 0 aliphatic carbocycles. The van der Waals surface area contributed by atoms with Gasteiger partial charge in [0.25, 0.3) is 5.91 Å².